The normalized spacial score (nSPS) is 11.3. The predicted molar refractivity (Wildman–Crippen MR) is 81.5 cm³/mol. The van der Waals surface area contributed by atoms with Gasteiger partial charge in [-0.1, -0.05) is 5.21 Å². The Bertz CT molecular complexity index is 736. The van der Waals surface area contributed by atoms with Crippen molar-refractivity contribution in [1.29, 1.82) is 0 Å². The minimum absolute atomic E-state index is 0.254. The molecule has 0 radical (unpaired) electrons. The molecule has 0 spiro atoms. The summed E-state index contributed by atoms with van der Waals surface area (Å²) in [6.45, 7) is 1.38. The molecule has 20 heavy (non-hydrogen) atoms. The molecule has 2 aromatic heterocycles. The van der Waals surface area contributed by atoms with Crippen LogP contribution in [0, 0.1) is 9.39 Å². The first-order chi connectivity index (χ1) is 9.65. The SMILES string of the molecule is Nc1nc2cc(I)c(F)cc2n1CCCn1ccnn1. The number of hydrogen-bond donors (Lipinski definition) is 1. The maximum absolute atomic E-state index is 13.7. The lowest BCUT2D eigenvalue weighted by molar-refractivity contribution is 0.521. The molecule has 0 saturated carbocycles. The number of nitrogens with zero attached hydrogens (tertiary/aromatic N) is 5. The number of nitrogen functional groups attached to an aromatic ring is 1. The largest absolute Gasteiger partial charge is 0.369 e. The number of benzene rings is 1. The van der Waals surface area contributed by atoms with Crippen molar-refractivity contribution in [2.75, 3.05) is 5.73 Å². The summed E-state index contributed by atoms with van der Waals surface area (Å²) in [7, 11) is 0. The Labute approximate surface area is 127 Å². The van der Waals surface area contributed by atoms with E-state index in [-0.39, 0.29) is 5.82 Å². The van der Waals surface area contributed by atoms with E-state index in [2.05, 4.69) is 15.3 Å². The first kappa shape index (κ1) is 13.3. The molecule has 0 aliphatic rings. The van der Waals surface area contributed by atoms with Crippen LogP contribution in [-0.2, 0) is 13.1 Å². The van der Waals surface area contributed by atoms with Crippen LogP contribution in [0.5, 0.6) is 0 Å². The van der Waals surface area contributed by atoms with E-state index < -0.39 is 0 Å². The van der Waals surface area contributed by atoms with Gasteiger partial charge in [0.2, 0.25) is 5.95 Å². The minimum atomic E-state index is -0.254. The van der Waals surface area contributed by atoms with Gasteiger partial charge in [-0.3, -0.25) is 4.68 Å². The molecule has 104 valence electrons. The number of aryl methyl sites for hydroxylation is 2. The van der Waals surface area contributed by atoms with Gasteiger partial charge in [-0.15, -0.1) is 5.10 Å². The number of anilines is 1. The zero-order chi connectivity index (χ0) is 14.1. The summed E-state index contributed by atoms with van der Waals surface area (Å²) in [4.78, 5) is 4.27. The van der Waals surface area contributed by atoms with Gasteiger partial charge in [0, 0.05) is 25.4 Å². The highest BCUT2D eigenvalue weighted by molar-refractivity contribution is 14.1. The number of fused-ring (bicyclic) bond motifs is 1. The average molecular weight is 386 g/mol. The molecule has 0 fully saturated rings. The van der Waals surface area contributed by atoms with Crippen LogP contribution in [0.4, 0.5) is 10.3 Å². The fourth-order valence-corrected chi connectivity index (χ4v) is 2.57. The number of hydrogen-bond acceptors (Lipinski definition) is 4. The van der Waals surface area contributed by atoms with Crippen LogP contribution in [0.1, 0.15) is 6.42 Å². The number of imidazole rings is 1. The van der Waals surface area contributed by atoms with Crippen molar-refractivity contribution in [3.05, 3.63) is 33.9 Å². The fraction of sp³-hybridized carbons (Fsp3) is 0.250. The maximum atomic E-state index is 13.7. The van der Waals surface area contributed by atoms with Gasteiger partial charge in [0.05, 0.1) is 20.8 Å². The zero-order valence-electron chi connectivity index (χ0n) is 10.5. The Morgan fingerprint density at radius 2 is 2.15 bits per heavy atom. The molecule has 3 aromatic rings. The van der Waals surface area contributed by atoms with Crippen molar-refractivity contribution in [3.8, 4) is 0 Å². The lowest BCUT2D eigenvalue weighted by Gasteiger charge is -2.06. The van der Waals surface area contributed by atoms with Crippen LogP contribution in [-0.4, -0.2) is 24.5 Å². The molecule has 6 nitrogen and oxygen atoms in total. The van der Waals surface area contributed by atoms with Crippen LogP contribution < -0.4 is 5.73 Å². The molecule has 0 aliphatic heterocycles. The Morgan fingerprint density at radius 3 is 2.90 bits per heavy atom. The third-order valence-corrected chi connectivity index (χ3v) is 3.89. The third-order valence-electron chi connectivity index (χ3n) is 3.06. The summed E-state index contributed by atoms with van der Waals surface area (Å²) in [5, 5.41) is 7.64. The maximum Gasteiger partial charge on any atom is 0.201 e. The van der Waals surface area contributed by atoms with Crippen molar-refractivity contribution in [1.82, 2.24) is 24.5 Å². The Balaban J connectivity index is 1.83. The van der Waals surface area contributed by atoms with E-state index >= 15 is 0 Å². The van der Waals surface area contributed by atoms with Gasteiger partial charge in [0.25, 0.3) is 0 Å². The second-order valence-corrected chi connectivity index (χ2v) is 5.56. The van der Waals surface area contributed by atoms with Crippen LogP contribution in [0.2, 0.25) is 0 Å². The molecule has 0 aliphatic carbocycles. The van der Waals surface area contributed by atoms with Gasteiger partial charge in [0.15, 0.2) is 0 Å². The fourth-order valence-electron chi connectivity index (χ4n) is 2.12. The highest BCUT2D eigenvalue weighted by Crippen LogP contribution is 2.23. The zero-order valence-corrected chi connectivity index (χ0v) is 12.7. The van der Waals surface area contributed by atoms with E-state index in [0.29, 0.717) is 21.6 Å². The molecule has 0 unspecified atom stereocenters. The van der Waals surface area contributed by atoms with Gasteiger partial charge in [0.1, 0.15) is 5.82 Å². The highest BCUT2D eigenvalue weighted by atomic mass is 127. The first-order valence-corrected chi connectivity index (χ1v) is 7.18. The lowest BCUT2D eigenvalue weighted by atomic mass is 10.3. The van der Waals surface area contributed by atoms with Crippen LogP contribution >= 0.6 is 22.6 Å². The lowest BCUT2D eigenvalue weighted by Crippen LogP contribution is -2.07. The predicted octanol–water partition coefficient (Wildman–Crippen LogP) is 2.04. The van der Waals surface area contributed by atoms with E-state index in [4.69, 9.17) is 5.73 Å². The van der Waals surface area contributed by atoms with Crippen molar-refractivity contribution in [2.24, 2.45) is 0 Å². The minimum Gasteiger partial charge on any atom is -0.369 e. The van der Waals surface area contributed by atoms with Crippen molar-refractivity contribution in [2.45, 2.75) is 19.5 Å². The average Bonchev–Trinajstić information content (AvgIpc) is 3.01. The molecule has 0 atom stereocenters. The van der Waals surface area contributed by atoms with E-state index in [1.54, 1.807) is 23.1 Å². The Kier molecular flexibility index (Phi) is 3.55. The molecular formula is C12H12FIN6. The number of halogens is 2. The second kappa shape index (κ2) is 5.35. The Morgan fingerprint density at radius 1 is 1.30 bits per heavy atom. The van der Waals surface area contributed by atoms with E-state index in [9.17, 15) is 4.39 Å². The van der Waals surface area contributed by atoms with Gasteiger partial charge < -0.3 is 10.3 Å². The van der Waals surface area contributed by atoms with Gasteiger partial charge >= 0.3 is 0 Å². The molecular weight excluding hydrogens is 374 g/mol. The van der Waals surface area contributed by atoms with Crippen molar-refractivity contribution < 1.29 is 4.39 Å². The van der Waals surface area contributed by atoms with Crippen LogP contribution in [0.15, 0.2) is 24.5 Å². The molecule has 0 saturated heterocycles. The number of rotatable bonds is 4. The molecule has 0 amide bonds. The summed E-state index contributed by atoms with van der Waals surface area (Å²) >= 11 is 1.95. The Hall–Kier alpha value is -1.71. The third kappa shape index (κ3) is 2.47. The molecule has 2 heterocycles. The molecule has 1 aromatic carbocycles. The van der Waals surface area contributed by atoms with Gasteiger partial charge in [-0.2, -0.15) is 0 Å². The monoisotopic (exact) mass is 386 g/mol. The van der Waals surface area contributed by atoms with Crippen LogP contribution in [0.3, 0.4) is 0 Å². The summed E-state index contributed by atoms with van der Waals surface area (Å²) in [6, 6.07) is 3.19. The molecule has 2 N–H and O–H groups in total. The van der Waals surface area contributed by atoms with Crippen LogP contribution in [0.25, 0.3) is 11.0 Å². The first-order valence-electron chi connectivity index (χ1n) is 6.10. The molecule has 3 rings (SSSR count). The summed E-state index contributed by atoms with van der Waals surface area (Å²) < 4.78 is 17.8. The number of aromatic nitrogens is 5. The van der Waals surface area contributed by atoms with E-state index in [1.165, 1.54) is 6.07 Å². The highest BCUT2D eigenvalue weighted by Gasteiger charge is 2.11. The number of nitrogens with two attached hydrogens (primary N) is 1. The summed E-state index contributed by atoms with van der Waals surface area (Å²) in [6.07, 6.45) is 4.25. The van der Waals surface area contributed by atoms with Gasteiger partial charge in [-0.25, -0.2) is 9.37 Å². The van der Waals surface area contributed by atoms with Crippen molar-refractivity contribution in [3.63, 3.8) is 0 Å². The standard InChI is InChI=1S/C12H12FIN6/c13-8-6-11-10(7-9(8)14)17-12(15)20(11)4-1-3-19-5-2-16-18-19/h2,5-7H,1,3-4H2,(H2,15,17). The van der Waals surface area contributed by atoms with Crippen molar-refractivity contribution >= 4 is 39.6 Å². The summed E-state index contributed by atoms with van der Waals surface area (Å²) in [5.41, 5.74) is 7.34. The second-order valence-electron chi connectivity index (χ2n) is 4.40. The van der Waals surface area contributed by atoms with E-state index in [1.807, 2.05) is 27.2 Å². The molecule has 0 bridgehead atoms. The molecule has 8 heteroatoms. The van der Waals surface area contributed by atoms with Gasteiger partial charge in [-0.05, 0) is 35.1 Å². The smallest absolute Gasteiger partial charge is 0.201 e. The topological polar surface area (TPSA) is 74.5 Å². The summed E-state index contributed by atoms with van der Waals surface area (Å²) in [5.74, 6) is 0.149. The van der Waals surface area contributed by atoms with E-state index in [0.717, 1.165) is 18.5 Å². The quantitative estimate of drug-likeness (QED) is 0.697.